The molecule has 3 nitrogen and oxygen atoms in total. The molecule has 0 bridgehead atoms. The van der Waals surface area contributed by atoms with E-state index in [0.29, 0.717) is 5.82 Å². The number of anilines is 1. The molecule has 1 aromatic rings. The fourth-order valence-corrected chi connectivity index (χ4v) is 1.11. The number of carbonyl (C=O) groups is 1. The molecular formula is C10H14N2O. The quantitative estimate of drug-likeness (QED) is 0.709. The maximum absolute atomic E-state index is 10.4. The van der Waals surface area contributed by atoms with Crippen LogP contribution in [0.2, 0.25) is 0 Å². The second-order valence-corrected chi connectivity index (χ2v) is 3.20. The van der Waals surface area contributed by atoms with Crippen molar-refractivity contribution in [1.29, 1.82) is 0 Å². The van der Waals surface area contributed by atoms with Gasteiger partial charge in [0.1, 0.15) is 12.1 Å². The Balaban J connectivity index is 2.54. The molecule has 1 unspecified atom stereocenters. The highest BCUT2D eigenvalue weighted by Gasteiger charge is 2.03. The van der Waals surface area contributed by atoms with Gasteiger partial charge >= 0.3 is 0 Å². The van der Waals surface area contributed by atoms with Gasteiger partial charge < -0.3 is 10.5 Å². The van der Waals surface area contributed by atoms with Gasteiger partial charge in [-0.15, -0.1) is 0 Å². The van der Waals surface area contributed by atoms with Crippen molar-refractivity contribution in [3.8, 4) is 0 Å². The van der Waals surface area contributed by atoms with Crippen LogP contribution in [0.5, 0.6) is 0 Å². The van der Waals surface area contributed by atoms with Crippen molar-refractivity contribution in [2.45, 2.75) is 19.8 Å². The Morgan fingerprint density at radius 3 is 3.08 bits per heavy atom. The van der Waals surface area contributed by atoms with Crippen molar-refractivity contribution in [3.63, 3.8) is 0 Å². The van der Waals surface area contributed by atoms with Crippen LogP contribution in [-0.4, -0.2) is 11.3 Å². The van der Waals surface area contributed by atoms with Crippen LogP contribution < -0.4 is 5.73 Å². The number of nitrogens with zero attached hydrogens (tertiary/aromatic N) is 1. The van der Waals surface area contributed by atoms with Crippen LogP contribution in [0.25, 0.3) is 0 Å². The SMILES string of the molecule is CC(C=O)CCc1cccnc1N. The summed E-state index contributed by atoms with van der Waals surface area (Å²) in [7, 11) is 0. The van der Waals surface area contributed by atoms with Gasteiger partial charge in [-0.3, -0.25) is 0 Å². The number of nitrogen functional groups attached to an aromatic ring is 1. The first kappa shape index (κ1) is 9.71. The zero-order valence-electron chi connectivity index (χ0n) is 7.73. The van der Waals surface area contributed by atoms with Crippen LogP contribution in [0.3, 0.4) is 0 Å². The van der Waals surface area contributed by atoms with Crippen molar-refractivity contribution >= 4 is 12.1 Å². The Hall–Kier alpha value is -1.38. The van der Waals surface area contributed by atoms with E-state index in [1.807, 2.05) is 19.1 Å². The van der Waals surface area contributed by atoms with Gasteiger partial charge in [0.05, 0.1) is 0 Å². The smallest absolute Gasteiger partial charge is 0.126 e. The lowest BCUT2D eigenvalue weighted by atomic mass is 10.0. The summed E-state index contributed by atoms with van der Waals surface area (Å²) in [6.45, 7) is 1.90. The molecule has 0 saturated carbocycles. The molecule has 1 aromatic heterocycles. The van der Waals surface area contributed by atoms with E-state index in [1.54, 1.807) is 6.20 Å². The molecule has 1 atom stereocenters. The molecule has 2 N–H and O–H groups in total. The van der Waals surface area contributed by atoms with Crippen LogP contribution in [-0.2, 0) is 11.2 Å². The van der Waals surface area contributed by atoms with Gasteiger partial charge in [-0.05, 0) is 24.5 Å². The van der Waals surface area contributed by atoms with E-state index in [4.69, 9.17) is 5.73 Å². The second-order valence-electron chi connectivity index (χ2n) is 3.20. The van der Waals surface area contributed by atoms with Gasteiger partial charge in [0.2, 0.25) is 0 Å². The van der Waals surface area contributed by atoms with Crippen molar-refractivity contribution in [3.05, 3.63) is 23.9 Å². The van der Waals surface area contributed by atoms with Crippen LogP contribution in [0.15, 0.2) is 18.3 Å². The molecule has 0 saturated heterocycles. The highest BCUT2D eigenvalue weighted by molar-refractivity contribution is 5.52. The van der Waals surface area contributed by atoms with Gasteiger partial charge in [0.15, 0.2) is 0 Å². The second kappa shape index (κ2) is 4.60. The highest BCUT2D eigenvalue weighted by atomic mass is 16.1. The van der Waals surface area contributed by atoms with Gasteiger partial charge in [-0.25, -0.2) is 4.98 Å². The Morgan fingerprint density at radius 1 is 1.69 bits per heavy atom. The summed E-state index contributed by atoms with van der Waals surface area (Å²) >= 11 is 0. The fourth-order valence-electron chi connectivity index (χ4n) is 1.11. The van der Waals surface area contributed by atoms with Crippen LogP contribution >= 0.6 is 0 Å². The standard InChI is InChI=1S/C10H14N2O/c1-8(7-13)4-5-9-3-2-6-12-10(9)11/h2-3,6-8H,4-5H2,1H3,(H2,11,12). The average molecular weight is 178 g/mol. The van der Waals surface area contributed by atoms with Crippen molar-refractivity contribution in [2.24, 2.45) is 5.92 Å². The summed E-state index contributed by atoms with van der Waals surface area (Å²) in [5, 5.41) is 0. The number of aldehydes is 1. The van der Waals surface area contributed by atoms with E-state index in [1.165, 1.54) is 0 Å². The monoisotopic (exact) mass is 178 g/mol. The maximum atomic E-state index is 10.4. The van der Waals surface area contributed by atoms with Gasteiger partial charge in [0, 0.05) is 12.1 Å². The molecule has 0 aliphatic rings. The Labute approximate surface area is 78.0 Å². The highest BCUT2D eigenvalue weighted by Crippen LogP contribution is 2.12. The van der Waals surface area contributed by atoms with Crippen LogP contribution in [0.4, 0.5) is 5.82 Å². The van der Waals surface area contributed by atoms with E-state index in [-0.39, 0.29) is 5.92 Å². The number of hydrogen-bond acceptors (Lipinski definition) is 3. The summed E-state index contributed by atoms with van der Waals surface area (Å²) in [6.07, 6.45) is 4.29. The number of aryl methyl sites for hydroxylation is 1. The summed E-state index contributed by atoms with van der Waals surface area (Å²) in [5.41, 5.74) is 6.67. The number of pyridine rings is 1. The molecule has 3 heteroatoms. The summed E-state index contributed by atoms with van der Waals surface area (Å²) in [4.78, 5) is 14.3. The molecule has 13 heavy (non-hydrogen) atoms. The Morgan fingerprint density at radius 2 is 2.46 bits per heavy atom. The van der Waals surface area contributed by atoms with Gasteiger partial charge in [-0.2, -0.15) is 0 Å². The van der Waals surface area contributed by atoms with E-state index in [0.717, 1.165) is 24.7 Å². The van der Waals surface area contributed by atoms with Crippen LogP contribution in [0.1, 0.15) is 18.9 Å². The summed E-state index contributed by atoms with van der Waals surface area (Å²) in [6, 6.07) is 3.80. The van der Waals surface area contributed by atoms with E-state index >= 15 is 0 Å². The predicted molar refractivity (Wildman–Crippen MR) is 52.2 cm³/mol. The molecule has 0 spiro atoms. The molecule has 0 aliphatic heterocycles. The third-order valence-electron chi connectivity index (χ3n) is 2.03. The maximum Gasteiger partial charge on any atom is 0.126 e. The topological polar surface area (TPSA) is 56.0 Å². The lowest BCUT2D eigenvalue weighted by molar-refractivity contribution is -0.110. The molecule has 0 radical (unpaired) electrons. The molecule has 0 aliphatic carbocycles. The molecule has 0 fully saturated rings. The van der Waals surface area contributed by atoms with Gasteiger partial charge in [0.25, 0.3) is 0 Å². The van der Waals surface area contributed by atoms with E-state index in [2.05, 4.69) is 4.98 Å². The lowest BCUT2D eigenvalue weighted by Gasteiger charge is -2.05. The minimum Gasteiger partial charge on any atom is -0.383 e. The number of nitrogens with two attached hydrogens (primary N) is 1. The number of rotatable bonds is 4. The van der Waals surface area contributed by atoms with Gasteiger partial charge in [-0.1, -0.05) is 13.0 Å². The largest absolute Gasteiger partial charge is 0.383 e. The number of aromatic nitrogens is 1. The van der Waals surface area contributed by atoms with E-state index in [9.17, 15) is 4.79 Å². The summed E-state index contributed by atoms with van der Waals surface area (Å²) in [5.74, 6) is 0.667. The van der Waals surface area contributed by atoms with E-state index < -0.39 is 0 Å². The third-order valence-corrected chi connectivity index (χ3v) is 2.03. The first-order chi connectivity index (χ1) is 6.24. The molecule has 1 heterocycles. The predicted octanol–water partition coefficient (Wildman–Crippen LogP) is 1.43. The molecular weight excluding hydrogens is 164 g/mol. The average Bonchev–Trinajstić information content (AvgIpc) is 2.16. The normalized spacial score (nSPS) is 12.4. The Kier molecular flexibility index (Phi) is 3.43. The zero-order valence-corrected chi connectivity index (χ0v) is 7.73. The van der Waals surface area contributed by atoms with Crippen LogP contribution in [0, 0.1) is 5.92 Å². The number of carbonyl (C=O) groups excluding carboxylic acids is 1. The fraction of sp³-hybridized carbons (Fsp3) is 0.400. The first-order valence-electron chi connectivity index (χ1n) is 4.38. The van der Waals surface area contributed by atoms with Crippen molar-refractivity contribution in [2.75, 3.05) is 5.73 Å². The third kappa shape index (κ3) is 2.86. The summed E-state index contributed by atoms with van der Waals surface area (Å²) < 4.78 is 0. The van der Waals surface area contributed by atoms with Crippen molar-refractivity contribution in [1.82, 2.24) is 4.98 Å². The first-order valence-corrected chi connectivity index (χ1v) is 4.38. The Bertz CT molecular complexity index is 286. The zero-order chi connectivity index (χ0) is 9.68. The minimum absolute atomic E-state index is 0.0969. The number of hydrogen-bond donors (Lipinski definition) is 1. The van der Waals surface area contributed by atoms with Crippen molar-refractivity contribution < 1.29 is 4.79 Å². The minimum atomic E-state index is 0.0969. The molecule has 1 rings (SSSR count). The molecule has 0 aromatic carbocycles. The lowest BCUT2D eigenvalue weighted by Crippen LogP contribution is -2.01. The molecule has 70 valence electrons. The molecule has 0 amide bonds.